The van der Waals surface area contributed by atoms with Crippen molar-refractivity contribution in [2.24, 2.45) is 0 Å². The van der Waals surface area contributed by atoms with Crippen molar-refractivity contribution in [2.45, 2.75) is 19.3 Å². The number of hydrogen-bond donors (Lipinski definition) is 0. The number of carbonyl (C=O) groups is 1. The van der Waals surface area contributed by atoms with Crippen LogP contribution in [0.4, 0.5) is 0 Å². The second kappa shape index (κ2) is 7.86. The van der Waals surface area contributed by atoms with Gasteiger partial charge in [-0.3, -0.25) is 0 Å². The van der Waals surface area contributed by atoms with Crippen molar-refractivity contribution in [3.63, 3.8) is 0 Å². The first-order chi connectivity index (χ1) is 10.3. The third-order valence-electron chi connectivity index (χ3n) is 3.19. The third kappa shape index (κ3) is 4.47. The third-order valence-corrected chi connectivity index (χ3v) is 3.19. The van der Waals surface area contributed by atoms with Gasteiger partial charge in [-0.15, -0.1) is 0 Å². The molecular weight excluding hydrogens is 262 g/mol. The molecule has 0 saturated heterocycles. The Morgan fingerprint density at radius 1 is 1.05 bits per heavy atom. The van der Waals surface area contributed by atoms with E-state index in [1.807, 2.05) is 24.3 Å². The summed E-state index contributed by atoms with van der Waals surface area (Å²) < 4.78 is 5.29. The molecule has 2 aromatic rings. The second-order valence-corrected chi connectivity index (χ2v) is 4.72. The Labute approximate surface area is 124 Å². The highest BCUT2D eigenvalue weighted by Crippen LogP contribution is 2.11. The summed E-state index contributed by atoms with van der Waals surface area (Å²) in [6.45, 7) is 0.384. The number of hydrogen-bond acceptors (Lipinski definition) is 3. The van der Waals surface area contributed by atoms with Crippen molar-refractivity contribution in [3.8, 4) is 6.07 Å². The topological polar surface area (TPSA) is 50.1 Å². The molecule has 0 aliphatic rings. The normalized spacial score (nSPS) is 9.86. The van der Waals surface area contributed by atoms with Gasteiger partial charge in [-0.2, -0.15) is 5.26 Å². The average molecular weight is 279 g/mol. The minimum Gasteiger partial charge on any atom is -0.462 e. The first kappa shape index (κ1) is 14.8. The lowest BCUT2D eigenvalue weighted by Gasteiger charge is -2.07. The molecule has 0 aromatic heterocycles. The molecule has 0 heterocycles. The summed E-state index contributed by atoms with van der Waals surface area (Å²) in [5.74, 6) is -0.353. The summed E-state index contributed by atoms with van der Waals surface area (Å²) >= 11 is 0. The van der Waals surface area contributed by atoms with Gasteiger partial charge in [-0.1, -0.05) is 48.5 Å². The summed E-state index contributed by atoms with van der Waals surface area (Å²) in [5, 5.41) is 8.76. The van der Waals surface area contributed by atoms with Gasteiger partial charge in [0.25, 0.3) is 0 Å². The van der Waals surface area contributed by atoms with Gasteiger partial charge in [0.2, 0.25) is 0 Å². The Morgan fingerprint density at radius 2 is 1.76 bits per heavy atom. The molecule has 0 radical (unpaired) electrons. The molecule has 0 aliphatic heterocycles. The molecule has 0 bridgehead atoms. The lowest BCUT2D eigenvalue weighted by atomic mass is 10.1. The molecule has 0 saturated carbocycles. The van der Waals surface area contributed by atoms with Crippen LogP contribution in [0.1, 0.15) is 27.9 Å². The molecule has 3 nitrogen and oxygen atoms in total. The summed E-state index contributed by atoms with van der Waals surface area (Å²) in [4.78, 5) is 12.0. The Hall–Kier alpha value is -2.60. The van der Waals surface area contributed by atoms with Crippen molar-refractivity contribution in [2.75, 3.05) is 6.61 Å². The molecule has 2 aromatic carbocycles. The number of nitriles is 1. The van der Waals surface area contributed by atoms with E-state index in [9.17, 15) is 4.79 Å². The molecule has 0 unspecified atom stereocenters. The fraction of sp³-hybridized carbons (Fsp3) is 0.222. The molecule has 0 fully saturated rings. The van der Waals surface area contributed by atoms with Crippen LogP contribution in [0.5, 0.6) is 0 Å². The Bertz CT molecular complexity index is 629. The van der Waals surface area contributed by atoms with E-state index < -0.39 is 0 Å². The molecule has 21 heavy (non-hydrogen) atoms. The monoisotopic (exact) mass is 279 g/mol. The number of rotatable bonds is 6. The second-order valence-electron chi connectivity index (χ2n) is 4.72. The predicted octanol–water partition coefficient (Wildman–Crippen LogP) is 3.54. The van der Waals surface area contributed by atoms with Gasteiger partial charge >= 0.3 is 5.97 Å². The first-order valence-electron chi connectivity index (χ1n) is 6.97. The summed E-state index contributed by atoms with van der Waals surface area (Å²) in [6, 6.07) is 19.2. The van der Waals surface area contributed by atoms with E-state index in [4.69, 9.17) is 10.00 Å². The molecule has 3 heteroatoms. The van der Waals surface area contributed by atoms with Gasteiger partial charge in [-0.05, 0) is 30.0 Å². The largest absolute Gasteiger partial charge is 0.462 e. The fourth-order valence-corrected chi connectivity index (χ4v) is 2.12. The van der Waals surface area contributed by atoms with E-state index in [1.165, 1.54) is 5.56 Å². The van der Waals surface area contributed by atoms with Gasteiger partial charge in [0.15, 0.2) is 0 Å². The smallest absolute Gasteiger partial charge is 0.338 e. The van der Waals surface area contributed by atoms with E-state index >= 15 is 0 Å². The van der Waals surface area contributed by atoms with Crippen LogP contribution >= 0.6 is 0 Å². The van der Waals surface area contributed by atoms with Gasteiger partial charge in [-0.25, -0.2) is 4.79 Å². The lowest BCUT2D eigenvalue weighted by Crippen LogP contribution is -2.09. The maximum atomic E-state index is 12.0. The molecule has 0 atom stereocenters. The molecule has 0 spiro atoms. The van der Waals surface area contributed by atoms with E-state index in [-0.39, 0.29) is 12.4 Å². The standard InChI is InChI=1S/C18H17NO2/c19-13-12-16-10-4-5-11-17(16)18(20)21-14-6-9-15-7-2-1-3-8-15/h1-5,7-8,10-11H,6,9,12,14H2. The highest BCUT2D eigenvalue weighted by atomic mass is 16.5. The minimum atomic E-state index is -0.353. The Kier molecular flexibility index (Phi) is 5.54. The molecule has 0 aliphatic carbocycles. The van der Waals surface area contributed by atoms with Crippen LogP contribution in [0.25, 0.3) is 0 Å². The maximum Gasteiger partial charge on any atom is 0.338 e. The maximum absolute atomic E-state index is 12.0. The lowest BCUT2D eigenvalue weighted by molar-refractivity contribution is 0.0499. The van der Waals surface area contributed by atoms with Crippen LogP contribution < -0.4 is 0 Å². The van der Waals surface area contributed by atoms with Crippen molar-refractivity contribution in [1.82, 2.24) is 0 Å². The SMILES string of the molecule is N#CCc1ccccc1C(=O)OCCCc1ccccc1. The molecule has 106 valence electrons. The number of benzene rings is 2. The molecular formula is C18H17NO2. The highest BCUT2D eigenvalue weighted by Gasteiger charge is 2.11. The molecule has 0 N–H and O–H groups in total. The zero-order chi connectivity index (χ0) is 14.9. The summed E-state index contributed by atoms with van der Waals surface area (Å²) in [5.41, 5.74) is 2.44. The van der Waals surface area contributed by atoms with Crippen molar-refractivity contribution < 1.29 is 9.53 Å². The van der Waals surface area contributed by atoms with Crippen molar-refractivity contribution in [3.05, 3.63) is 71.3 Å². The van der Waals surface area contributed by atoms with Crippen LogP contribution in [0.15, 0.2) is 54.6 Å². The van der Waals surface area contributed by atoms with E-state index in [1.54, 1.807) is 18.2 Å². The van der Waals surface area contributed by atoms with Crippen LogP contribution in [0, 0.1) is 11.3 Å². The Morgan fingerprint density at radius 3 is 2.52 bits per heavy atom. The number of carbonyl (C=O) groups excluding carboxylic acids is 1. The van der Waals surface area contributed by atoms with Crippen LogP contribution in [-0.4, -0.2) is 12.6 Å². The quantitative estimate of drug-likeness (QED) is 0.600. The average Bonchev–Trinajstić information content (AvgIpc) is 2.53. The number of ether oxygens (including phenoxy) is 1. The van der Waals surface area contributed by atoms with E-state index in [0.717, 1.165) is 12.8 Å². The number of esters is 1. The van der Waals surface area contributed by atoms with Gasteiger partial charge in [0, 0.05) is 0 Å². The van der Waals surface area contributed by atoms with Crippen molar-refractivity contribution >= 4 is 5.97 Å². The minimum absolute atomic E-state index is 0.218. The van der Waals surface area contributed by atoms with Gasteiger partial charge in [0.1, 0.15) is 0 Å². The van der Waals surface area contributed by atoms with E-state index in [0.29, 0.717) is 17.7 Å². The van der Waals surface area contributed by atoms with Crippen LogP contribution in [0.3, 0.4) is 0 Å². The fourth-order valence-electron chi connectivity index (χ4n) is 2.12. The van der Waals surface area contributed by atoms with E-state index in [2.05, 4.69) is 18.2 Å². The number of aryl methyl sites for hydroxylation is 1. The Balaban J connectivity index is 1.84. The zero-order valence-corrected chi connectivity index (χ0v) is 11.8. The van der Waals surface area contributed by atoms with Crippen molar-refractivity contribution in [1.29, 1.82) is 5.26 Å². The van der Waals surface area contributed by atoms with Crippen LogP contribution in [-0.2, 0) is 17.6 Å². The zero-order valence-electron chi connectivity index (χ0n) is 11.8. The number of nitrogens with zero attached hydrogens (tertiary/aromatic N) is 1. The first-order valence-corrected chi connectivity index (χ1v) is 6.97. The highest BCUT2D eigenvalue weighted by molar-refractivity contribution is 5.91. The summed E-state index contributed by atoms with van der Waals surface area (Å²) in [6.07, 6.45) is 1.89. The molecule has 0 amide bonds. The summed E-state index contributed by atoms with van der Waals surface area (Å²) in [7, 11) is 0. The molecule has 2 rings (SSSR count). The van der Waals surface area contributed by atoms with Crippen LogP contribution in [0.2, 0.25) is 0 Å². The predicted molar refractivity (Wildman–Crippen MR) is 80.8 cm³/mol. The van der Waals surface area contributed by atoms with Gasteiger partial charge < -0.3 is 4.74 Å². The van der Waals surface area contributed by atoms with Gasteiger partial charge in [0.05, 0.1) is 24.7 Å².